The zero-order valence-corrected chi connectivity index (χ0v) is 16.0. The van der Waals surface area contributed by atoms with E-state index < -0.39 is 6.04 Å². The Morgan fingerprint density at radius 3 is 2.50 bits per heavy atom. The van der Waals surface area contributed by atoms with Crippen molar-refractivity contribution in [3.8, 4) is 5.75 Å². The quantitative estimate of drug-likeness (QED) is 0.691. The Morgan fingerprint density at radius 2 is 1.89 bits per heavy atom. The molecule has 2 amide bonds. The lowest BCUT2D eigenvalue weighted by Crippen LogP contribution is -2.31. The van der Waals surface area contributed by atoms with Crippen LogP contribution in [0.3, 0.4) is 0 Å². The predicted octanol–water partition coefficient (Wildman–Crippen LogP) is 2.91. The Hall–Kier alpha value is -3.61. The number of amides is 2. The number of hydrogen-bond donors (Lipinski definition) is 2. The lowest BCUT2D eigenvalue weighted by atomic mass is 10.0. The highest BCUT2D eigenvalue weighted by atomic mass is 16.5. The first-order valence-corrected chi connectivity index (χ1v) is 8.77. The van der Waals surface area contributed by atoms with Crippen LogP contribution in [-0.2, 0) is 11.8 Å². The van der Waals surface area contributed by atoms with Crippen LogP contribution in [0.1, 0.15) is 34.7 Å². The maximum atomic E-state index is 12.9. The highest BCUT2D eigenvalue weighted by Gasteiger charge is 2.22. The third-order valence-electron chi connectivity index (χ3n) is 4.29. The van der Waals surface area contributed by atoms with Gasteiger partial charge in [-0.3, -0.25) is 9.59 Å². The normalized spacial score (nSPS) is 11.5. The minimum absolute atomic E-state index is 0.162. The van der Waals surface area contributed by atoms with E-state index in [1.54, 1.807) is 37.6 Å². The fourth-order valence-corrected chi connectivity index (χ4v) is 2.90. The second kappa shape index (κ2) is 8.39. The third-order valence-corrected chi connectivity index (χ3v) is 4.29. The Kier molecular flexibility index (Phi) is 5.74. The number of ether oxygens (including phenoxy) is 1. The molecule has 0 saturated carbocycles. The molecule has 0 spiro atoms. The molecule has 0 bridgehead atoms. The van der Waals surface area contributed by atoms with Crippen LogP contribution < -0.4 is 15.4 Å². The number of aryl methyl sites for hydroxylation is 1. The minimum atomic E-state index is -0.447. The summed E-state index contributed by atoms with van der Waals surface area (Å²) in [6.07, 6.45) is 3.52. The number of anilines is 1. The zero-order valence-electron chi connectivity index (χ0n) is 16.0. The molecule has 144 valence electrons. The molecule has 2 N–H and O–H groups in total. The summed E-state index contributed by atoms with van der Waals surface area (Å²) in [4.78, 5) is 28.4. The molecule has 7 heteroatoms. The molecule has 0 fully saturated rings. The van der Waals surface area contributed by atoms with E-state index in [0.29, 0.717) is 22.8 Å². The van der Waals surface area contributed by atoms with Gasteiger partial charge in [0.15, 0.2) is 0 Å². The van der Waals surface area contributed by atoms with Crippen LogP contribution in [0.2, 0.25) is 0 Å². The number of aromatic nitrogens is 2. The summed E-state index contributed by atoms with van der Waals surface area (Å²) in [6, 6.07) is 13.8. The molecule has 0 saturated heterocycles. The fourth-order valence-electron chi connectivity index (χ4n) is 2.90. The van der Waals surface area contributed by atoms with E-state index in [4.69, 9.17) is 4.74 Å². The van der Waals surface area contributed by atoms with E-state index >= 15 is 0 Å². The molecule has 0 radical (unpaired) electrons. The van der Waals surface area contributed by atoms with E-state index in [1.807, 2.05) is 42.1 Å². The van der Waals surface area contributed by atoms with Gasteiger partial charge in [-0.15, -0.1) is 0 Å². The van der Waals surface area contributed by atoms with Crippen molar-refractivity contribution >= 4 is 17.5 Å². The Labute approximate surface area is 163 Å². The van der Waals surface area contributed by atoms with E-state index in [2.05, 4.69) is 15.6 Å². The van der Waals surface area contributed by atoms with Crippen molar-refractivity contribution in [3.05, 3.63) is 77.9 Å². The number of nitrogens with zero attached hydrogens (tertiary/aromatic N) is 2. The van der Waals surface area contributed by atoms with Crippen molar-refractivity contribution in [1.82, 2.24) is 14.9 Å². The smallest absolute Gasteiger partial charge is 0.252 e. The van der Waals surface area contributed by atoms with Gasteiger partial charge in [0.2, 0.25) is 5.91 Å². The van der Waals surface area contributed by atoms with E-state index in [0.717, 1.165) is 5.56 Å². The molecule has 1 heterocycles. The Balaban J connectivity index is 1.88. The summed E-state index contributed by atoms with van der Waals surface area (Å²) in [5.41, 5.74) is 1.98. The van der Waals surface area contributed by atoms with Gasteiger partial charge in [0.1, 0.15) is 17.6 Å². The molecule has 7 nitrogen and oxygen atoms in total. The summed E-state index contributed by atoms with van der Waals surface area (Å²) in [5.74, 6) is 0.998. The van der Waals surface area contributed by atoms with Crippen molar-refractivity contribution in [1.29, 1.82) is 0 Å². The molecule has 1 atom stereocenters. The van der Waals surface area contributed by atoms with Gasteiger partial charge in [-0.2, -0.15) is 0 Å². The van der Waals surface area contributed by atoms with E-state index in [-0.39, 0.29) is 11.8 Å². The van der Waals surface area contributed by atoms with Crippen LogP contribution in [-0.4, -0.2) is 28.5 Å². The van der Waals surface area contributed by atoms with Gasteiger partial charge in [0.05, 0.1) is 7.11 Å². The molecular formula is C21H22N4O3. The SMILES string of the molecule is COc1cccc(C(NC(=O)c2ccc(NC(C)=O)cc2)c2nccn2C)c1. The average Bonchev–Trinajstić information content (AvgIpc) is 3.11. The second-order valence-electron chi connectivity index (χ2n) is 6.34. The number of imidazole rings is 1. The van der Waals surface area contributed by atoms with Crippen LogP contribution in [0.4, 0.5) is 5.69 Å². The van der Waals surface area contributed by atoms with Gasteiger partial charge >= 0.3 is 0 Å². The molecule has 1 aromatic heterocycles. The van der Waals surface area contributed by atoms with Crippen LogP contribution >= 0.6 is 0 Å². The molecule has 0 aliphatic carbocycles. The molecule has 28 heavy (non-hydrogen) atoms. The van der Waals surface area contributed by atoms with Crippen LogP contribution in [0.5, 0.6) is 5.75 Å². The number of carbonyl (C=O) groups is 2. The van der Waals surface area contributed by atoms with E-state index in [1.165, 1.54) is 6.92 Å². The average molecular weight is 378 g/mol. The summed E-state index contributed by atoms with van der Waals surface area (Å²) >= 11 is 0. The molecule has 2 aromatic carbocycles. The van der Waals surface area contributed by atoms with Crippen molar-refractivity contribution in [2.75, 3.05) is 12.4 Å². The molecule has 0 aliphatic rings. The highest BCUT2D eigenvalue weighted by Crippen LogP contribution is 2.24. The number of benzene rings is 2. The second-order valence-corrected chi connectivity index (χ2v) is 6.34. The number of hydrogen-bond acceptors (Lipinski definition) is 4. The Morgan fingerprint density at radius 1 is 1.14 bits per heavy atom. The van der Waals surface area contributed by atoms with Gasteiger partial charge in [0, 0.05) is 37.6 Å². The first-order chi connectivity index (χ1) is 13.5. The van der Waals surface area contributed by atoms with Crippen molar-refractivity contribution in [2.24, 2.45) is 7.05 Å². The summed E-state index contributed by atoms with van der Waals surface area (Å²) in [6.45, 7) is 1.44. The largest absolute Gasteiger partial charge is 0.497 e. The molecule has 1 unspecified atom stereocenters. The predicted molar refractivity (Wildman–Crippen MR) is 106 cm³/mol. The maximum absolute atomic E-state index is 12.9. The number of nitrogens with one attached hydrogen (secondary N) is 2. The summed E-state index contributed by atoms with van der Waals surface area (Å²) in [7, 11) is 3.48. The lowest BCUT2D eigenvalue weighted by Gasteiger charge is -2.20. The topological polar surface area (TPSA) is 85.2 Å². The van der Waals surface area contributed by atoms with Gasteiger partial charge in [-0.05, 0) is 42.0 Å². The first kappa shape index (κ1) is 19.2. The van der Waals surface area contributed by atoms with Crippen LogP contribution in [0.15, 0.2) is 60.9 Å². The molecule has 0 aliphatic heterocycles. The fraction of sp³-hybridized carbons (Fsp3) is 0.190. The van der Waals surface area contributed by atoms with Crippen LogP contribution in [0.25, 0.3) is 0 Å². The van der Waals surface area contributed by atoms with Gasteiger partial charge in [-0.25, -0.2) is 4.98 Å². The number of methoxy groups -OCH3 is 1. The number of carbonyl (C=O) groups excluding carboxylic acids is 2. The minimum Gasteiger partial charge on any atom is -0.497 e. The summed E-state index contributed by atoms with van der Waals surface area (Å²) in [5, 5.41) is 5.72. The molecular weight excluding hydrogens is 356 g/mol. The highest BCUT2D eigenvalue weighted by molar-refractivity contribution is 5.95. The standard InChI is InChI=1S/C21H22N4O3/c1-14(26)23-17-9-7-15(8-10-17)21(27)24-19(20-22-11-12-25(20)2)16-5-4-6-18(13-16)28-3/h4-13,19H,1-3H3,(H,23,26)(H,24,27). The van der Waals surface area contributed by atoms with Gasteiger partial charge < -0.3 is 19.9 Å². The van der Waals surface area contributed by atoms with Crippen LogP contribution in [0, 0.1) is 0 Å². The van der Waals surface area contributed by atoms with Gasteiger partial charge in [-0.1, -0.05) is 12.1 Å². The third kappa shape index (κ3) is 4.37. The van der Waals surface area contributed by atoms with Crippen molar-refractivity contribution in [3.63, 3.8) is 0 Å². The first-order valence-electron chi connectivity index (χ1n) is 8.77. The van der Waals surface area contributed by atoms with Crippen molar-refractivity contribution in [2.45, 2.75) is 13.0 Å². The van der Waals surface area contributed by atoms with E-state index in [9.17, 15) is 9.59 Å². The lowest BCUT2D eigenvalue weighted by molar-refractivity contribution is -0.114. The molecule has 3 rings (SSSR count). The van der Waals surface area contributed by atoms with Crippen molar-refractivity contribution < 1.29 is 14.3 Å². The Bertz CT molecular complexity index is 979. The zero-order chi connectivity index (χ0) is 20.1. The monoisotopic (exact) mass is 378 g/mol. The maximum Gasteiger partial charge on any atom is 0.252 e. The van der Waals surface area contributed by atoms with Gasteiger partial charge in [0.25, 0.3) is 5.91 Å². The molecule has 3 aromatic rings. The summed E-state index contributed by atoms with van der Waals surface area (Å²) < 4.78 is 7.18. The number of rotatable bonds is 6.